The summed E-state index contributed by atoms with van der Waals surface area (Å²) in [4.78, 5) is 0. The van der Waals surface area contributed by atoms with Crippen molar-refractivity contribution in [3.63, 3.8) is 0 Å². The molecule has 0 rings (SSSR count). The number of hydrogen-bond donors (Lipinski definition) is 0. The Morgan fingerprint density at radius 3 is 2.62 bits per heavy atom. The molecule has 0 fully saturated rings. The summed E-state index contributed by atoms with van der Waals surface area (Å²) >= 11 is 3.02. The summed E-state index contributed by atoms with van der Waals surface area (Å²) in [5.74, 6) is 4.58. The Morgan fingerprint density at radius 2 is 2.25 bits per heavy atom. The van der Waals surface area contributed by atoms with Gasteiger partial charge in [-0.25, -0.2) is 0 Å². The highest BCUT2D eigenvalue weighted by atomic mass is 79.9. The summed E-state index contributed by atoms with van der Waals surface area (Å²) in [7, 11) is 0. The van der Waals surface area contributed by atoms with Crippen LogP contribution in [0.4, 0.5) is 0 Å². The predicted octanol–water partition coefficient (Wildman–Crippen LogP) is 0.990. The van der Waals surface area contributed by atoms with E-state index in [1.807, 2.05) is 0 Å². The first-order chi connectivity index (χ1) is 3.81. The van der Waals surface area contributed by atoms with Crippen molar-refractivity contribution in [2.24, 2.45) is 0 Å². The lowest BCUT2D eigenvalue weighted by Crippen LogP contribution is -1.99. The van der Waals surface area contributed by atoms with Crippen LogP contribution in [0.3, 0.4) is 0 Å². The topological polar surface area (TPSA) is 9.23 Å². The molecule has 0 heterocycles. The average Bonchev–Trinajstić information content (AvgIpc) is 1.83. The molecule has 42 valence electrons. The first kappa shape index (κ1) is 7.56. The predicted molar refractivity (Wildman–Crippen MR) is 36.3 cm³/mol. The fourth-order valence-electron chi connectivity index (χ4n) is 0.169. The number of ether oxygens (including phenoxy) is 1. The minimum atomic E-state index is -0.349. The van der Waals surface area contributed by atoms with Crippen LogP contribution in [-0.4, -0.2) is 11.6 Å². The van der Waals surface area contributed by atoms with Crippen molar-refractivity contribution >= 4 is 15.9 Å². The lowest BCUT2D eigenvalue weighted by Gasteiger charge is -1.97. The summed E-state index contributed by atoms with van der Waals surface area (Å²) < 4.78 is 4.78. The van der Waals surface area contributed by atoms with Crippen molar-refractivity contribution in [1.29, 1.82) is 0 Å². The van der Waals surface area contributed by atoms with E-state index in [0.717, 1.165) is 0 Å². The number of halogens is 1. The molecular formula is C6H5BrO. The summed E-state index contributed by atoms with van der Waals surface area (Å²) in [6.07, 6.45) is 9.79. The molecule has 1 atom stereocenters. The van der Waals surface area contributed by atoms with Crippen LogP contribution in [0.25, 0.3) is 0 Å². The summed E-state index contributed by atoms with van der Waals surface area (Å²) in [5, 5.41) is -0.349. The molecule has 0 aliphatic rings. The lowest BCUT2D eigenvalue weighted by molar-refractivity contribution is 0.185. The van der Waals surface area contributed by atoms with Gasteiger partial charge in [0.25, 0.3) is 0 Å². The third kappa shape index (κ3) is 3.74. The zero-order chi connectivity index (χ0) is 6.41. The highest BCUT2D eigenvalue weighted by Gasteiger charge is 1.92. The van der Waals surface area contributed by atoms with Crippen LogP contribution in [0.5, 0.6) is 0 Å². The van der Waals surface area contributed by atoms with Gasteiger partial charge in [0.15, 0.2) is 5.01 Å². The largest absolute Gasteiger partial charge is 0.342 e. The number of alkyl halides is 1. The van der Waals surface area contributed by atoms with Crippen LogP contribution in [0.1, 0.15) is 0 Å². The molecular weight excluding hydrogens is 168 g/mol. The average molecular weight is 173 g/mol. The molecule has 8 heavy (non-hydrogen) atoms. The van der Waals surface area contributed by atoms with Crippen LogP contribution >= 0.6 is 15.9 Å². The molecule has 0 saturated carbocycles. The van der Waals surface area contributed by atoms with Gasteiger partial charge in [0, 0.05) is 0 Å². The van der Waals surface area contributed by atoms with E-state index in [-0.39, 0.29) is 11.6 Å². The number of hydrogen-bond acceptors (Lipinski definition) is 1. The van der Waals surface area contributed by atoms with Gasteiger partial charge in [-0.2, -0.15) is 0 Å². The second-order valence-corrected chi connectivity index (χ2v) is 1.83. The van der Waals surface area contributed by atoms with Crippen molar-refractivity contribution in [3.05, 3.63) is 0 Å². The Bertz CT molecular complexity index is 128. The maximum atomic E-state index is 4.92. The summed E-state index contributed by atoms with van der Waals surface area (Å²) in [5.41, 5.74) is 0. The van der Waals surface area contributed by atoms with E-state index in [9.17, 15) is 0 Å². The molecule has 0 radical (unpaired) electrons. The van der Waals surface area contributed by atoms with E-state index >= 15 is 0 Å². The van der Waals surface area contributed by atoms with E-state index in [0.29, 0.717) is 0 Å². The summed E-state index contributed by atoms with van der Waals surface area (Å²) in [6, 6.07) is 0. The second kappa shape index (κ2) is 4.71. The van der Waals surface area contributed by atoms with Gasteiger partial charge in [-0.05, 0) is 15.9 Å². The van der Waals surface area contributed by atoms with E-state index in [1.165, 1.54) is 0 Å². The maximum Gasteiger partial charge on any atom is 0.174 e. The number of rotatable bonds is 2. The summed E-state index contributed by atoms with van der Waals surface area (Å²) in [6.45, 7) is 0.250. The Morgan fingerprint density at radius 1 is 1.62 bits per heavy atom. The molecule has 0 aliphatic carbocycles. The third-order valence-corrected chi connectivity index (χ3v) is 0.973. The fourth-order valence-corrected chi connectivity index (χ4v) is 0.302. The molecule has 0 bridgehead atoms. The highest BCUT2D eigenvalue weighted by Crippen LogP contribution is 1.96. The molecule has 0 aromatic carbocycles. The van der Waals surface area contributed by atoms with Gasteiger partial charge in [-0.3, -0.25) is 0 Å². The van der Waals surface area contributed by atoms with Gasteiger partial charge >= 0.3 is 0 Å². The molecule has 1 nitrogen and oxygen atoms in total. The molecule has 0 spiro atoms. The lowest BCUT2D eigenvalue weighted by atomic mass is 10.7. The Kier molecular flexibility index (Phi) is 4.45. The van der Waals surface area contributed by atoms with E-state index in [1.54, 1.807) is 0 Å². The first-order valence-electron chi connectivity index (χ1n) is 1.96. The molecule has 0 aromatic rings. The van der Waals surface area contributed by atoms with Crippen LogP contribution in [-0.2, 0) is 4.74 Å². The van der Waals surface area contributed by atoms with Crippen molar-refractivity contribution in [3.8, 4) is 24.7 Å². The molecule has 0 aliphatic heterocycles. The normalized spacial score (nSPS) is 11.4. The highest BCUT2D eigenvalue weighted by molar-refractivity contribution is 9.09. The zero-order valence-corrected chi connectivity index (χ0v) is 5.81. The van der Waals surface area contributed by atoms with E-state index in [4.69, 9.17) is 17.6 Å². The molecule has 0 saturated heterocycles. The van der Waals surface area contributed by atoms with Crippen LogP contribution in [0.15, 0.2) is 0 Å². The molecule has 0 aromatic heterocycles. The Balaban J connectivity index is 3.18. The Hall–Kier alpha value is -0.440. The standard InChI is InChI=1S/C6H5BrO/c1-3-5-8-6(7)4-2/h1-2,6H,5H2. The van der Waals surface area contributed by atoms with Gasteiger partial charge in [-0.1, -0.05) is 11.8 Å². The van der Waals surface area contributed by atoms with E-state index < -0.39 is 0 Å². The Labute approximate surface area is 57.5 Å². The van der Waals surface area contributed by atoms with E-state index in [2.05, 4.69) is 27.8 Å². The van der Waals surface area contributed by atoms with Crippen LogP contribution in [0.2, 0.25) is 0 Å². The second-order valence-electron chi connectivity index (χ2n) is 0.998. The number of terminal acetylenes is 2. The van der Waals surface area contributed by atoms with Gasteiger partial charge < -0.3 is 4.74 Å². The van der Waals surface area contributed by atoms with Crippen LogP contribution < -0.4 is 0 Å². The van der Waals surface area contributed by atoms with Gasteiger partial charge in [0.1, 0.15) is 6.61 Å². The minimum Gasteiger partial charge on any atom is -0.342 e. The smallest absolute Gasteiger partial charge is 0.174 e. The van der Waals surface area contributed by atoms with Crippen molar-refractivity contribution in [2.75, 3.05) is 6.61 Å². The first-order valence-corrected chi connectivity index (χ1v) is 2.88. The molecule has 2 heteroatoms. The van der Waals surface area contributed by atoms with Crippen molar-refractivity contribution < 1.29 is 4.74 Å². The van der Waals surface area contributed by atoms with Crippen molar-refractivity contribution in [2.45, 2.75) is 5.01 Å². The monoisotopic (exact) mass is 172 g/mol. The third-order valence-electron chi connectivity index (χ3n) is 0.444. The molecule has 0 N–H and O–H groups in total. The SMILES string of the molecule is C#CCOC(Br)C#C. The van der Waals surface area contributed by atoms with Gasteiger partial charge in [0.2, 0.25) is 0 Å². The van der Waals surface area contributed by atoms with Gasteiger partial charge in [-0.15, -0.1) is 12.8 Å². The molecule has 1 unspecified atom stereocenters. The fraction of sp³-hybridized carbons (Fsp3) is 0.333. The minimum absolute atomic E-state index is 0.250. The van der Waals surface area contributed by atoms with Crippen LogP contribution in [0, 0.1) is 24.7 Å². The van der Waals surface area contributed by atoms with Crippen molar-refractivity contribution in [1.82, 2.24) is 0 Å². The zero-order valence-electron chi connectivity index (χ0n) is 4.23. The van der Waals surface area contributed by atoms with Gasteiger partial charge in [0.05, 0.1) is 0 Å². The quantitative estimate of drug-likeness (QED) is 0.447. The molecule has 0 amide bonds. The maximum absolute atomic E-state index is 4.92.